The van der Waals surface area contributed by atoms with Gasteiger partial charge in [0.05, 0.1) is 0 Å². The van der Waals surface area contributed by atoms with Gasteiger partial charge in [0, 0.05) is 18.3 Å². The normalized spacial score (nSPS) is 11.1. The molecule has 1 heterocycles. The Bertz CT molecular complexity index is 320. The molecule has 1 aromatic rings. The molecule has 0 fully saturated rings. The molecule has 68 valence electrons. The molecule has 12 heavy (non-hydrogen) atoms. The van der Waals surface area contributed by atoms with Crippen molar-refractivity contribution in [1.82, 2.24) is 9.78 Å². The van der Waals surface area contributed by atoms with E-state index in [1.165, 1.54) is 4.68 Å². The SMILES string of the molecule is Cc1[nH]n(C)c(=O)c1CC(C)C. The van der Waals surface area contributed by atoms with Crippen LogP contribution in [-0.2, 0) is 13.5 Å². The fraction of sp³-hybridized carbons (Fsp3) is 0.667. The third-order valence-corrected chi connectivity index (χ3v) is 1.96. The van der Waals surface area contributed by atoms with Gasteiger partial charge in [-0.15, -0.1) is 0 Å². The average Bonchev–Trinajstić information content (AvgIpc) is 2.16. The minimum Gasteiger partial charge on any atom is -0.300 e. The van der Waals surface area contributed by atoms with Crippen molar-refractivity contribution in [2.75, 3.05) is 0 Å². The van der Waals surface area contributed by atoms with Crippen LogP contribution < -0.4 is 5.56 Å². The van der Waals surface area contributed by atoms with Crippen molar-refractivity contribution in [2.45, 2.75) is 27.2 Å². The monoisotopic (exact) mass is 168 g/mol. The number of aromatic amines is 1. The molecule has 0 bridgehead atoms. The molecule has 0 saturated carbocycles. The maximum Gasteiger partial charge on any atom is 0.269 e. The van der Waals surface area contributed by atoms with E-state index in [-0.39, 0.29) is 5.56 Å². The second kappa shape index (κ2) is 3.17. The number of nitrogens with one attached hydrogen (secondary N) is 1. The lowest BCUT2D eigenvalue weighted by Crippen LogP contribution is -2.16. The lowest BCUT2D eigenvalue weighted by Gasteiger charge is -2.00. The second-order valence-corrected chi connectivity index (χ2v) is 3.68. The van der Waals surface area contributed by atoms with Crippen LogP contribution >= 0.6 is 0 Å². The first-order valence-electron chi connectivity index (χ1n) is 4.27. The van der Waals surface area contributed by atoms with Crippen molar-refractivity contribution in [1.29, 1.82) is 0 Å². The number of H-pyrrole nitrogens is 1. The highest BCUT2D eigenvalue weighted by Crippen LogP contribution is 2.06. The maximum atomic E-state index is 11.5. The van der Waals surface area contributed by atoms with Gasteiger partial charge in [0.25, 0.3) is 5.56 Å². The van der Waals surface area contributed by atoms with Gasteiger partial charge in [0.1, 0.15) is 0 Å². The van der Waals surface area contributed by atoms with E-state index < -0.39 is 0 Å². The molecule has 0 atom stereocenters. The summed E-state index contributed by atoms with van der Waals surface area (Å²) < 4.78 is 1.53. The van der Waals surface area contributed by atoms with Crippen molar-refractivity contribution >= 4 is 0 Å². The highest BCUT2D eigenvalue weighted by molar-refractivity contribution is 5.15. The fourth-order valence-electron chi connectivity index (χ4n) is 1.38. The first-order chi connectivity index (χ1) is 5.52. The molecule has 1 aromatic heterocycles. The van der Waals surface area contributed by atoms with E-state index in [1.807, 2.05) is 6.92 Å². The first kappa shape index (κ1) is 9.10. The number of aryl methyl sites for hydroxylation is 2. The van der Waals surface area contributed by atoms with Gasteiger partial charge in [-0.25, -0.2) is 0 Å². The Labute approximate surface area is 72.4 Å². The zero-order chi connectivity index (χ0) is 9.30. The Morgan fingerprint density at radius 2 is 2.08 bits per heavy atom. The summed E-state index contributed by atoms with van der Waals surface area (Å²) in [6.45, 7) is 6.18. The molecule has 0 aliphatic heterocycles. The number of hydrogen-bond donors (Lipinski definition) is 1. The quantitative estimate of drug-likeness (QED) is 0.708. The first-order valence-corrected chi connectivity index (χ1v) is 4.27. The van der Waals surface area contributed by atoms with Crippen molar-refractivity contribution in [2.24, 2.45) is 13.0 Å². The predicted molar refractivity (Wildman–Crippen MR) is 49.3 cm³/mol. The minimum atomic E-state index is 0.112. The van der Waals surface area contributed by atoms with Gasteiger partial charge in [-0.2, -0.15) is 0 Å². The van der Waals surface area contributed by atoms with Crippen molar-refractivity contribution in [3.63, 3.8) is 0 Å². The van der Waals surface area contributed by atoms with Crippen LogP contribution in [0, 0.1) is 12.8 Å². The summed E-state index contributed by atoms with van der Waals surface area (Å²) in [6, 6.07) is 0. The lowest BCUT2D eigenvalue weighted by atomic mass is 10.0. The van der Waals surface area contributed by atoms with Gasteiger partial charge in [-0.3, -0.25) is 14.6 Å². The molecule has 0 spiro atoms. The van der Waals surface area contributed by atoms with Crippen LogP contribution in [0.2, 0.25) is 0 Å². The Morgan fingerprint density at radius 1 is 1.50 bits per heavy atom. The van der Waals surface area contributed by atoms with E-state index in [0.29, 0.717) is 5.92 Å². The molecule has 0 aromatic carbocycles. The smallest absolute Gasteiger partial charge is 0.269 e. The van der Waals surface area contributed by atoms with Crippen LogP contribution in [0.3, 0.4) is 0 Å². The molecular weight excluding hydrogens is 152 g/mol. The van der Waals surface area contributed by atoms with Gasteiger partial charge in [-0.1, -0.05) is 13.8 Å². The van der Waals surface area contributed by atoms with E-state index >= 15 is 0 Å². The Balaban J connectivity index is 3.06. The van der Waals surface area contributed by atoms with Gasteiger partial charge in [0.2, 0.25) is 0 Å². The zero-order valence-electron chi connectivity index (χ0n) is 8.14. The van der Waals surface area contributed by atoms with Crippen LogP contribution in [0.1, 0.15) is 25.1 Å². The van der Waals surface area contributed by atoms with Gasteiger partial charge < -0.3 is 0 Å². The number of aromatic nitrogens is 2. The van der Waals surface area contributed by atoms with Crippen molar-refractivity contribution in [3.8, 4) is 0 Å². The summed E-state index contributed by atoms with van der Waals surface area (Å²) in [4.78, 5) is 11.5. The van der Waals surface area contributed by atoms with E-state index in [0.717, 1.165) is 17.7 Å². The Kier molecular flexibility index (Phi) is 2.40. The van der Waals surface area contributed by atoms with E-state index in [1.54, 1.807) is 7.05 Å². The Hall–Kier alpha value is -0.990. The van der Waals surface area contributed by atoms with E-state index in [4.69, 9.17) is 0 Å². The molecule has 3 nitrogen and oxygen atoms in total. The Morgan fingerprint density at radius 3 is 2.42 bits per heavy atom. The predicted octanol–water partition coefficient (Wildman–Crippen LogP) is 1.22. The zero-order valence-corrected chi connectivity index (χ0v) is 8.14. The highest BCUT2D eigenvalue weighted by atomic mass is 16.1. The third-order valence-electron chi connectivity index (χ3n) is 1.96. The number of hydrogen-bond acceptors (Lipinski definition) is 1. The summed E-state index contributed by atoms with van der Waals surface area (Å²) in [5.41, 5.74) is 2.03. The average molecular weight is 168 g/mol. The van der Waals surface area contributed by atoms with Crippen molar-refractivity contribution in [3.05, 3.63) is 21.6 Å². The molecule has 1 rings (SSSR count). The summed E-state index contributed by atoms with van der Waals surface area (Å²) in [6.07, 6.45) is 0.863. The summed E-state index contributed by atoms with van der Waals surface area (Å²) >= 11 is 0. The number of nitrogens with zero attached hydrogens (tertiary/aromatic N) is 1. The van der Waals surface area contributed by atoms with E-state index in [2.05, 4.69) is 18.9 Å². The molecule has 0 unspecified atom stereocenters. The third kappa shape index (κ3) is 1.60. The van der Waals surface area contributed by atoms with Crippen LogP contribution in [0.4, 0.5) is 0 Å². The molecule has 1 N–H and O–H groups in total. The standard InChI is InChI=1S/C9H16N2O/c1-6(2)5-8-7(3)10-11(4)9(8)12/h6,10H,5H2,1-4H3. The molecule has 0 aliphatic rings. The molecule has 0 radical (unpaired) electrons. The largest absolute Gasteiger partial charge is 0.300 e. The summed E-state index contributed by atoms with van der Waals surface area (Å²) in [7, 11) is 1.75. The van der Waals surface area contributed by atoms with Gasteiger partial charge in [0.15, 0.2) is 0 Å². The topological polar surface area (TPSA) is 37.8 Å². The second-order valence-electron chi connectivity index (χ2n) is 3.68. The molecular formula is C9H16N2O. The highest BCUT2D eigenvalue weighted by Gasteiger charge is 2.09. The minimum absolute atomic E-state index is 0.112. The van der Waals surface area contributed by atoms with Crippen LogP contribution in [0.15, 0.2) is 4.79 Å². The van der Waals surface area contributed by atoms with Crippen LogP contribution in [0.25, 0.3) is 0 Å². The summed E-state index contributed by atoms with van der Waals surface area (Å²) in [5, 5.41) is 2.99. The van der Waals surface area contributed by atoms with Gasteiger partial charge in [-0.05, 0) is 19.3 Å². The number of rotatable bonds is 2. The van der Waals surface area contributed by atoms with Crippen LogP contribution in [-0.4, -0.2) is 9.78 Å². The summed E-state index contributed by atoms with van der Waals surface area (Å²) in [5.74, 6) is 0.534. The van der Waals surface area contributed by atoms with Gasteiger partial charge >= 0.3 is 0 Å². The molecule has 0 saturated heterocycles. The molecule has 0 aliphatic carbocycles. The van der Waals surface area contributed by atoms with E-state index in [9.17, 15) is 4.79 Å². The van der Waals surface area contributed by atoms with Crippen molar-refractivity contribution < 1.29 is 0 Å². The molecule has 0 amide bonds. The van der Waals surface area contributed by atoms with Crippen LogP contribution in [0.5, 0.6) is 0 Å². The molecule has 3 heteroatoms. The lowest BCUT2D eigenvalue weighted by molar-refractivity contribution is 0.640. The fourth-order valence-corrected chi connectivity index (χ4v) is 1.38. The maximum absolute atomic E-state index is 11.5.